The molecular weight excluding hydrogens is 372 g/mol. The van der Waals surface area contributed by atoms with Crippen molar-refractivity contribution in [1.29, 1.82) is 0 Å². The average molecular weight is 392 g/mol. The standard InChI is InChI=1S/C21H20N4O2S/c1-2-28-21-23-20-22-14-8-5-9-15(26)18(14)19(25(20)24-21)17-13-7-4-3-6-12(13)10-11-16(17)27/h3-4,6-8,10-11,18-19,27H,2,5,9H2,1H3,(H,22,23,24)/t18-,19-/m0/s1. The summed E-state index contributed by atoms with van der Waals surface area (Å²) in [6.45, 7) is 2.05. The fourth-order valence-corrected chi connectivity index (χ4v) is 4.78. The maximum atomic E-state index is 13.0. The molecule has 0 spiro atoms. The van der Waals surface area contributed by atoms with Crippen molar-refractivity contribution in [3.8, 4) is 5.75 Å². The van der Waals surface area contributed by atoms with Gasteiger partial charge in [-0.05, 0) is 29.0 Å². The van der Waals surface area contributed by atoms with Gasteiger partial charge < -0.3 is 10.4 Å². The number of fused-ring (bicyclic) bond motifs is 3. The van der Waals surface area contributed by atoms with E-state index in [-0.39, 0.29) is 11.5 Å². The molecular formula is C21H20N4O2S. The third kappa shape index (κ3) is 2.61. The summed E-state index contributed by atoms with van der Waals surface area (Å²) in [7, 11) is 0. The molecule has 3 aromatic rings. The van der Waals surface area contributed by atoms with Crippen molar-refractivity contribution in [2.75, 3.05) is 11.1 Å². The van der Waals surface area contributed by atoms with Crippen molar-refractivity contribution in [3.05, 3.63) is 53.7 Å². The molecule has 0 fully saturated rings. The molecule has 6 nitrogen and oxygen atoms in total. The SMILES string of the molecule is CCSc1nc2n(n1)[C@@H](c1c(O)ccc3ccccc13)[C@@H]1C(=O)CCC=C1N2. The molecule has 0 saturated carbocycles. The lowest BCUT2D eigenvalue weighted by molar-refractivity contribution is -0.123. The van der Waals surface area contributed by atoms with E-state index in [2.05, 4.69) is 28.4 Å². The Labute approximate surface area is 166 Å². The van der Waals surface area contributed by atoms with E-state index >= 15 is 0 Å². The van der Waals surface area contributed by atoms with Gasteiger partial charge in [0.25, 0.3) is 0 Å². The van der Waals surface area contributed by atoms with Gasteiger partial charge in [-0.3, -0.25) is 4.79 Å². The largest absolute Gasteiger partial charge is 0.508 e. The smallest absolute Gasteiger partial charge is 0.227 e. The Kier molecular flexibility index (Phi) is 4.12. The number of allylic oxidation sites excluding steroid dienone is 2. The van der Waals surface area contributed by atoms with Gasteiger partial charge in [0.05, 0.1) is 5.92 Å². The Bertz CT molecular complexity index is 1120. The molecule has 142 valence electrons. The van der Waals surface area contributed by atoms with Crippen LogP contribution in [-0.2, 0) is 4.79 Å². The summed E-state index contributed by atoms with van der Waals surface area (Å²) in [5.74, 6) is 1.41. The molecule has 2 atom stereocenters. The second-order valence-electron chi connectivity index (χ2n) is 7.03. The number of phenolic OH excluding ortho intramolecular Hbond substituents is 1. The van der Waals surface area contributed by atoms with Crippen LogP contribution < -0.4 is 5.32 Å². The topological polar surface area (TPSA) is 80.0 Å². The molecule has 0 amide bonds. The number of nitrogens with zero attached hydrogens (tertiary/aromatic N) is 3. The van der Waals surface area contributed by atoms with Crippen molar-refractivity contribution >= 4 is 34.3 Å². The van der Waals surface area contributed by atoms with E-state index < -0.39 is 12.0 Å². The average Bonchev–Trinajstić information content (AvgIpc) is 3.09. The highest BCUT2D eigenvalue weighted by molar-refractivity contribution is 7.99. The number of carbonyl (C=O) groups excluding carboxylic acids is 1. The third-order valence-corrected chi connectivity index (χ3v) is 6.12. The number of carbonyl (C=O) groups is 1. The maximum absolute atomic E-state index is 13.0. The molecule has 2 aliphatic rings. The third-order valence-electron chi connectivity index (χ3n) is 5.40. The molecule has 2 N–H and O–H groups in total. The van der Waals surface area contributed by atoms with E-state index in [1.807, 2.05) is 30.3 Å². The number of phenols is 1. The number of thioether (sulfide) groups is 1. The Morgan fingerprint density at radius 3 is 3.00 bits per heavy atom. The minimum absolute atomic E-state index is 0.160. The van der Waals surface area contributed by atoms with E-state index in [1.165, 1.54) is 0 Å². The van der Waals surface area contributed by atoms with E-state index in [4.69, 9.17) is 0 Å². The molecule has 7 heteroatoms. The van der Waals surface area contributed by atoms with Crippen LogP contribution in [0.3, 0.4) is 0 Å². The fourth-order valence-electron chi connectivity index (χ4n) is 4.23. The van der Waals surface area contributed by atoms with Crippen LogP contribution in [0.15, 0.2) is 53.3 Å². The second-order valence-corrected chi connectivity index (χ2v) is 8.26. The van der Waals surface area contributed by atoms with Gasteiger partial charge in [0, 0.05) is 17.7 Å². The number of Topliss-reactive ketones (excluding diaryl/α,β-unsaturated/α-hetero) is 1. The number of anilines is 1. The molecule has 5 rings (SSSR count). The Balaban J connectivity index is 1.79. The van der Waals surface area contributed by atoms with Crippen molar-refractivity contribution in [2.24, 2.45) is 5.92 Å². The lowest BCUT2D eigenvalue weighted by atomic mass is 9.79. The van der Waals surface area contributed by atoms with Gasteiger partial charge in [0.15, 0.2) is 0 Å². The molecule has 28 heavy (non-hydrogen) atoms. The van der Waals surface area contributed by atoms with E-state index in [1.54, 1.807) is 22.5 Å². The van der Waals surface area contributed by atoms with Gasteiger partial charge in [0.2, 0.25) is 11.1 Å². The van der Waals surface area contributed by atoms with Gasteiger partial charge in [-0.2, -0.15) is 4.98 Å². The van der Waals surface area contributed by atoms with Gasteiger partial charge in [0.1, 0.15) is 17.6 Å². The summed E-state index contributed by atoms with van der Waals surface area (Å²) in [5, 5.41) is 21.5. The van der Waals surface area contributed by atoms with E-state index in [9.17, 15) is 9.90 Å². The summed E-state index contributed by atoms with van der Waals surface area (Å²) in [6.07, 6.45) is 3.29. The number of rotatable bonds is 3. The summed E-state index contributed by atoms with van der Waals surface area (Å²) in [4.78, 5) is 17.6. The molecule has 0 bridgehead atoms. The first kappa shape index (κ1) is 17.3. The zero-order valence-electron chi connectivity index (χ0n) is 15.4. The van der Waals surface area contributed by atoms with E-state index in [0.29, 0.717) is 17.5 Å². The molecule has 0 saturated heterocycles. The molecule has 2 aromatic carbocycles. The van der Waals surface area contributed by atoms with E-state index in [0.717, 1.165) is 34.2 Å². The van der Waals surface area contributed by atoms with Crippen LogP contribution in [0.5, 0.6) is 5.75 Å². The summed E-state index contributed by atoms with van der Waals surface area (Å²) in [6, 6.07) is 11.1. The Morgan fingerprint density at radius 1 is 1.29 bits per heavy atom. The zero-order valence-corrected chi connectivity index (χ0v) is 16.2. The Hall–Kier alpha value is -2.80. The van der Waals surface area contributed by atoms with Crippen molar-refractivity contribution < 1.29 is 9.90 Å². The number of benzene rings is 2. The second kappa shape index (κ2) is 6.67. The number of aromatic hydroxyl groups is 1. The molecule has 0 radical (unpaired) electrons. The van der Waals surface area contributed by atoms with Gasteiger partial charge in [-0.15, -0.1) is 5.10 Å². The summed E-state index contributed by atoms with van der Waals surface area (Å²) >= 11 is 1.56. The Morgan fingerprint density at radius 2 is 2.14 bits per heavy atom. The lowest BCUT2D eigenvalue weighted by Gasteiger charge is -2.36. The molecule has 1 aliphatic carbocycles. The number of hydrogen-bond acceptors (Lipinski definition) is 6. The highest BCUT2D eigenvalue weighted by Gasteiger charge is 2.43. The molecule has 0 unspecified atom stereocenters. The van der Waals surface area contributed by atoms with Gasteiger partial charge >= 0.3 is 0 Å². The van der Waals surface area contributed by atoms with Crippen LogP contribution in [0, 0.1) is 5.92 Å². The maximum Gasteiger partial charge on any atom is 0.227 e. The van der Waals surface area contributed by atoms with Crippen LogP contribution in [0.2, 0.25) is 0 Å². The van der Waals surface area contributed by atoms with Crippen LogP contribution in [0.4, 0.5) is 5.95 Å². The predicted octanol–water partition coefficient (Wildman–Crippen LogP) is 4.13. The minimum atomic E-state index is -0.430. The van der Waals surface area contributed by atoms with Crippen LogP contribution in [-0.4, -0.2) is 31.4 Å². The first-order chi connectivity index (χ1) is 13.7. The van der Waals surface area contributed by atoms with Crippen LogP contribution in [0.1, 0.15) is 31.4 Å². The molecule has 1 aliphatic heterocycles. The predicted molar refractivity (Wildman–Crippen MR) is 110 cm³/mol. The van der Waals surface area contributed by atoms with Crippen molar-refractivity contribution in [2.45, 2.75) is 31.0 Å². The number of nitrogens with one attached hydrogen (secondary N) is 1. The highest BCUT2D eigenvalue weighted by Crippen LogP contribution is 2.46. The first-order valence-corrected chi connectivity index (χ1v) is 10.5. The summed E-state index contributed by atoms with van der Waals surface area (Å²) in [5.41, 5.74) is 1.59. The molecule has 2 heterocycles. The highest BCUT2D eigenvalue weighted by atomic mass is 32.2. The number of aromatic nitrogens is 3. The summed E-state index contributed by atoms with van der Waals surface area (Å²) < 4.78 is 1.78. The fraction of sp³-hybridized carbons (Fsp3) is 0.286. The zero-order chi connectivity index (χ0) is 19.3. The van der Waals surface area contributed by atoms with Crippen molar-refractivity contribution in [1.82, 2.24) is 14.8 Å². The number of ketones is 1. The quantitative estimate of drug-likeness (QED) is 0.653. The van der Waals surface area contributed by atoms with Gasteiger partial charge in [-0.25, -0.2) is 4.68 Å². The lowest BCUT2D eigenvalue weighted by Crippen LogP contribution is -2.38. The first-order valence-electron chi connectivity index (χ1n) is 9.47. The monoisotopic (exact) mass is 392 g/mol. The van der Waals surface area contributed by atoms with Crippen molar-refractivity contribution in [3.63, 3.8) is 0 Å². The van der Waals surface area contributed by atoms with Crippen LogP contribution >= 0.6 is 11.8 Å². The van der Waals surface area contributed by atoms with Gasteiger partial charge in [-0.1, -0.05) is 55.1 Å². The normalized spacial score (nSPS) is 21.0. The minimum Gasteiger partial charge on any atom is -0.508 e. The number of hydrogen-bond donors (Lipinski definition) is 2. The van der Waals surface area contributed by atoms with Crippen LogP contribution in [0.25, 0.3) is 10.8 Å². The molecule has 1 aromatic heterocycles.